The number of hydrogen-bond donors (Lipinski definition) is 3. The molecule has 0 bridgehead atoms. The molecule has 0 saturated heterocycles. The number of aryl methyl sites for hydroxylation is 1. The Labute approximate surface area is 119 Å². The van der Waals surface area contributed by atoms with Gasteiger partial charge in [-0.1, -0.05) is 31.9 Å². The van der Waals surface area contributed by atoms with Gasteiger partial charge < -0.3 is 15.7 Å². The molecule has 0 aromatic heterocycles. The number of unbranched alkanes of at least 4 members (excludes halogenated alkanes) is 1. The summed E-state index contributed by atoms with van der Waals surface area (Å²) in [7, 11) is 0. The van der Waals surface area contributed by atoms with E-state index in [1.807, 2.05) is 32.9 Å². The zero-order valence-electron chi connectivity index (χ0n) is 12.2. The summed E-state index contributed by atoms with van der Waals surface area (Å²) in [6, 6.07) is 4.27. The Hall–Kier alpha value is -2.04. The molecule has 1 atom stereocenters. The Morgan fingerprint density at radius 3 is 2.60 bits per heavy atom. The molecule has 0 aliphatic carbocycles. The monoisotopic (exact) mass is 278 g/mol. The number of rotatable bonds is 6. The van der Waals surface area contributed by atoms with Gasteiger partial charge in [-0.3, -0.25) is 0 Å². The molecule has 2 amide bonds. The maximum atomic E-state index is 11.9. The Morgan fingerprint density at radius 1 is 1.30 bits per heavy atom. The average Bonchev–Trinajstić information content (AvgIpc) is 2.39. The van der Waals surface area contributed by atoms with Crippen molar-refractivity contribution in [2.45, 2.75) is 46.1 Å². The second kappa shape index (κ2) is 7.53. The fourth-order valence-electron chi connectivity index (χ4n) is 1.87. The third-order valence-electron chi connectivity index (χ3n) is 3.30. The molecular formula is C15H22N2O3. The van der Waals surface area contributed by atoms with Crippen molar-refractivity contribution in [3.8, 4) is 0 Å². The maximum absolute atomic E-state index is 11.9. The third-order valence-corrected chi connectivity index (χ3v) is 3.30. The number of nitrogens with one attached hydrogen (secondary N) is 2. The average molecular weight is 278 g/mol. The summed E-state index contributed by atoms with van der Waals surface area (Å²) >= 11 is 0. The number of hydrogen-bond acceptors (Lipinski definition) is 2. The van der Waals surface area contributed by atoms with Gasteiger partial charge in [-0.2, -0.15) is 0 Å². The van der Waals surface area contributed by atoms with Crippen molar-refractivity contribution in [1.29, 1.82) is 0 Å². The van der Waals surface area contributed by atoms with Crippen LogP contribution in [0.3, 0.4) is 0 Å². The van der Waals surface area contributed by atoms with Crippen molar-refractivity contribution >= 4 is 17.7 Å². The fraction of sp³-hybridized carbons (Fsp3) is 0.467. The van der Waals surface area contributed by atoms with E-state index in [1.54, 1.807) is 6.07 Å². The molecule has 0 spiro atoms. The van der Waals surface area contributed by atoms with Crippen LogP contribution >= 0.6 is 0 Å². The van der Waals surface area contributed by atoms with E-state index in [1.165, 1.54) is 0 Å². The number of urea groups is 1. The molecule has 5 nitrogen and oxygen atoms in total. The molecule has 0 saturated carbocycles. The van der Waals surface area contributed by atoms with Crippen LogP contribution in [0.4, 0.5) is 10.5 Å². The molecule has 5 heteroatoms. The van der Waals surface area contributed by atoms with Crippen molar-refractivity contribution < 1.29 is 14.7 Å². The van der Waals surface area contributed by atoms with Gasteiger partial charge in [0.2, 0.25) is 0 Å². The highest BCUT2D eigenvalue weighted by atomic mass is 16.4. The van der Waals surface area contributed by atoms with Gasteiger partial charge in [0.1, 0.15) is 6.04 Å². The van der Waals surface area contributed by atoms with Crippen LogP contribution in [0.1, 0.15) is 37.3 Å². The minimum atomic E-state index is -1.01. The van der Waals surface area contributed by atoms with Crippen LogP contribution in [-0.4, -0.2) is 23.1 Å². The van der Waals surface area contributed by atoms with Crippen molar-refractivity contribution in [2.75, 3.05) is 5.32 Å². The highest BCUT2D eigenvalue weighted by Crippen LogP contribution is 2.17. The van der Waals surface area contributed by atoms with Crippen molar-refractivity contribution in [2.24, 2.45) is 0 Å². The summed E-state index contributed by atoms with van der Waals surface area (Å²) in [6.45, 7) is 5.85. The van der Waals surface area contributed by atoms with E-state index in [9.17, 15) is 9.59 Å². The number of carbonyl (C=O) groups is 2. The largest absolute Gasteiger partial charge is 0.480 e. The van der Waals surface area contributed by atoms with E-state index in [4.69, 9.17) is 5.11 Å². The number of anilines is 1. The van der Waals surface area contributed by atoms with Gasteiger partial charge in [-0.15, -0.1) is 0 Å². The first-order valence-corrected chi connectivity index (χ1v) is 6.82. The third kappa shape index (κ3) is 4.57. The molecule has 3 N–H and O–H groups in total. The van der Waals surface area contributed by atoms with E-state index in [2.05, 4.69) is 10.6 Å². The van der Waals surface area contributed by atoms with Crippen LogP contribution in [0, 0.1) is 13.8 Å². The first-order valence-electron chi connectivity index (χ1n) is 6.82. The van der Waals surface area contributed by atoms with Gasteiger partial charge in [0.25, 0.3) is 0 Å². The van der Waals surface area contributed by atoms with E-state index < -0.39 is 18.0 Å². The number of benzene rings is 1. The Morgan fingerprint density at radius 2 is 2.00 bits per heavy atom. The van der Waals surface area contributed by atoms with Gasteiger partial charge in [0, 0.05) is 5.69 Å². The maximum Gasteiger partial charge on any atom is 0.326 e. The predicted octanol–water partition coefficient (Wildman–Crippen LogP) is 3.07. The molecule has 1 unspecified atom stereocenters. The van der Waals surface area contributed by atoms with Gasteiger partial charge in [-0.05, 0) is 37.5 Å². The van der Waals surface area contributed by atoms with Crippen LogP contribution in [0.2, 0.25) is 0 Å². The van der Waals surface area contributed by atoms with Crippen molar-refractivity contribution in [3.63, 3.8) is 0 Å². The summed E-state index contributed by atoms with van der Waals surface area (Å²) in [5.74, 6) is -1.01. The van der Waals surface area contributed by atoms with E-state index >= 15 is 0 Å². The summed E-state index contributed by atoms with van der Waals surface area (Å²) in [5.41, 5.74) is 2.74. The van der Waals surface area contributed by atoms with E-state index in [0.717, 1.165) is 24.0 Å². The number of aliphatic carboxylic acids is 1. The smallest absolute Gasteiger partial charge is 0.326 e. The molecule has 0 fully saturated rings. The lowest BCUT2D eigenvalue weighted by atomic mass is 10.1. The van der Waals surface area contributed by atoms with Gasteiger partial charge in [0.15, 0.2) is 0 Å². The Bertz CT molecular complexity index is 486. The molecule has 1 aromatic rings. The van der Waals surface area contributed by atoms with Crippen LogP contribution < -0.4 is 10.6 Å². The van der Waals surface area contributed by atoms with Crippen LogP contribution in [-0.2, 0) is 4.79 Å². The highest BCUT2D eigenvalue weighted by molar-refractivity contribution is 5.93. The normalized spacial score (nSPS) is 11.8. The van der Waals surface area contributed by atoms with Crippen LogP contribution in [0.15, 0.2) is 18.2 Å². The Balaban J connectivity index is 2.66. The Kier molecular flexibility index (Phi) is 6.03. The second-order valence-electron chi connectivity index (χ2n) is 4.88. The number of carboxylic acid groups (broad SMARTS) is 1. The lowest BCUT2D eigenvalue weighted by Crippen LogP contribution is -2.43. The molecule has 1 rings (SSSR count). The fourth-order valence-corrected chi connectivity index (χ4v) is 1.87. The number of amides is 2. The molecular weight excluding hydrogens is 256 g/mol. The molecule has 0 heterocycles. The minimum absolute atomic E-state index is 0.437. The summed E-state index contributed by atoms with van der Waals surface area (Å²) in [6.07, 6.45) is 2.09. The quantitative estimate of drug-likeness (QED) is 0.748. The second-order valence-corrected chi connectivity index (χ2v) is 4.88. The number of carboxylic acids is 1. The predicted molar refractivity (Wildman–Crippen MR) is 79.0 cm³/mol. The van der Waals surface area contributed by atoms with Crippen molar-refractivity contribution in [3.05, 3.63) is 29.3 Å². The van der Waals surface area contributed by atoms with E-state index in [0.29, 0.717) is 12.1 Å². The summed E-state index contributed by atoms with van der Waals surface area (Å²) < 4.78 is 0. The highest BCUT2D eigenvalue weighted by Gasteiger charge is 2.19. The SMILES string of the molecule is CCCCC(NC(=O)Nc1cccc(C)c1C)C(=O)O. The lowest BCUT2D eigenvalue weighted by Gasteiger charge is -2.16. The molecule has 110 valence electrons. The standard InChI is InChI=1S/C15H22N2O3/c1-4-5-8-13(14(18)19)17-15(20)16-12-9-6-7-10(2)11(12)3/h6-7,9,13H,4-5,8H2,1-3H3,(H,18,19)(H2,16,17,20). The zero-order chi connectivity index (χ0) is 15.1. The van der Waals surface area contributed by atoms with Crippen molar-refractivity contribution in [1.82, 2.24) is 5.32 Å². The molecule has 0 radical (unpaired) electrons. The molecule has 20 heavy (non-hydrogen) atoms. The van der Waals surface area contributed by atoms with Gasteiger partial charge in [-0.25, -0.2) is 9.59 Å². The topological polar surface area (TPSA) is 78.4 Å². The number of carbonyl (C=O) groups excluding carboxylic acids is 1. The molecule has 1 aromatic carbocycles. The first kappa shape index (κ1) is 16.0. The van der Waals surface area contributed by atoms with Gasteiger partial charge >= 0.3 is 12.0 Å². The molecule has 0 aliphatic rings. The van der Waals surface area contributed by atoms with Gasteiger partial charge in [0.05, 0.1) is 0 Å². The molecule has 0 aliphatic heterocycles. The van der Waals surface area contributed by atoms with Crippen LogP contribution in [0.5, 0.6) is 0 Å². The first-order chi connectivity index (χ1) is 9.45. The summed E-state index contributed by atoms with van der Waals surface area (Å²) in [4.78, 5) is 22.9. The van der Waals surface area contributed by atoms with E-state index in [-0.39, 0.29) is 0 Å². The lowest BCUT2D eigenvalue weighted by molar-refractivity contribution is -0.139. The summed E-state index contributed by atoms with van der Waals surface area (Å²) in [5, 5.41) is 14.3. The zero-order valence-corrected chi connectivity index (χ0v) is 12.2. The van der Waals surface area contributed by atoms with Crippen LogP contribution in [0.25, 0.3) is 0 Å². The minimum Gasteiger partial charge on any atom is -0.480 e.